The minimum Gasteiger partial charge on any atom is -0.356 e. The highest BCUT2D eigenvalue weighted by Gasteiger charge is 2.11. The van der Waals surface area contributed by atoms with Crippen molar-refractivity contribution in [2.24, 2.45) is 0 Å². The molecule has 3 aromatic rings. The predicted molar refractivity (Wildman–Crippen MR) is 126 cm³/mol. The fourth-order valence-corrected chi connectivity index (χ4v) is 4.67. The molecule has 0 radical (unpaired) electrons. The van der Waals surface area contributed by atoms with Gasteiger partial charge in [-0.2, -0.15) is 0 Å². The van der Waals surface area contributed by atoms with Gasteiger partial charge in [-0.05, 0) is 43.4 Å². The van der Waals surface area contributed by atoms with E-state index in [4.69, 9.17) is 4.52 Å². The van der Waals surface area contributed by atoms with Gasteiger partial charge in [-0.1, -0.05) is 88.2 Å². The first kappa shape index (κ1) is 21.8. The SMILES string of the molecule is CCCCCCCc1ccc(-c2cc(-c3ccc(CCCCCC)s3)no2)cc1. The van der Waals surface area contributed by atoms with Crippen LogP contribution in [0.2, 0.25) is 0 Å². The molecule has 0 fully saturated rings. The van der Waals surface area contributed by atoms with Crippen LogP contribution in [0.25, 0.3) is 21.9 Å². The van der Waals surface area contributed by atoms with E-state index in [-0.39, 0.29) is 0 Å². The Kier molecular flexibility index (Phi) is 9.01. The van der Waals surface area contributed by atoms with Gasteiger partial charge in [-0.25, -0.2) is 0 Å². The molecule has 0 amide bonds. The molecule has 3 rings (SSSR count). The Hall–Kier alpha value is -1.87. The standard InChI is InChI=1S/C26H35NOS/c1-3-5-7-9-10-12-21-14-16-22(17-15-21)25-20-24(27-28-25)26-19-18-23(29-26)13-11-8-6-4-2/h14-20H,3-13H2,1-2H3. The number of aryl methyl sites for hydroxylation is 2. The molecule has 156 valence electrons. The van der Waals surface area contributed by atoms with E-state index in [0.717, 1.165) is 17.0 Å². The molecule has 2 heterocycles. The minimum atomic E-state index is 0.854. The van der Waals surface area contributed by atoms with E-state index in [0.29, 0.717) is 0 Å². The Bertz CT molecular complexity index is 831. The molecule has 0 saturated carbocycles. The number of thiophene rings is 1. The van der Waals surface area contributed by atoms with Crippen molar-refractivity contribution < 1.29 is 4.52 Å². The van der Waals surface area contributed by atoms with Crippen LogP contribution in [0, 0.1) is 0 Å². The van der Waals surface area contributed by atoms with Crippen LogP contribution in [0.4, 0.5) is 0 Å². The van der Waals surface area contributed by atoms with E-state index in [1.807, 2.05) is 11.3 Å². The zero-order chi connectivity index (χ0) is 20.3. The number of hydrogen-bond donors (Lipinski definition) is 0. The van der Waals surface area contributed by atoms with E-state index in [1.165, 1.54) is 85.9 Å². The molecule has 0 atom stereocenters. The molecule has 0 aliphatic carbocycles. The second-order valence-corrected chi connectivity index (χ2v) is 9.18. The molecule has 0 unspecified atom stereocenters. The summed E-state index contributed by atoms with van der Waals surface area (Å²) in [7, 11) is 0. The minimum absolute atomic E-state index is 0.854. The first-order valence-corrected chi connectivity index (χ1v) is 12.3. The average molecular weight is 410 g/mol. The zero-order valence-electron chi connectivity index (χ0n) is 18.1. The van der Waals surface area contributed by atoms with Crippen LogP contribution in [-0.4, -0.2) is 5.16 Å². The van der Waals surface area contributed by atoms with Crippen molar-refractivity contribution in [2.75, 3.05) is 0 Å². The largest absolute Gasteiger partial charge is 0.356 e. The number of unbranched alkanes of at least 4 members (excludes halogenated alkanes) is 7. The summed E-state index contributed by atoms with van der Waals surface area (Å²) in [6.07, 6.45) is 14.2. The van der Waals surface area contributed by atoms with E-state index in [2.05, 4.69) is 61.5 Å². The molecule has 0 saturated heterocycles. The van der Waals surface area contributed by atoms with Crippen molar-refractivity contribution >= 4 is 11.3 Å². The third-order valence-electron chi connectivity index (χ3n) is 5.51. The topological polar surface area (TPSA) is 26.0 Å². The van der Waals surface area contributed by atoms with Gasteiger partial charge in [-0.15, -0.1) is 11.3 Å². The van der Waals surface area contributed by atoms with E-state index < -0.39 is 0 Å². The third kappa shape index (κ3) is 6.85. The Morgan fingerprint density at radius 2 is 1.45 bits per heavy atom. The predicted octanol–water partition coefficient (Wildman–Crippen LogP) is 8.71. The molecule has 1 aromatic carbocycles. The monoisotopic (exact) mass is 409 g/mol. The maximum Gasteiger partial charge on any atom is 0.167 e. The van der Waals surface area contributed by atoms with Crippen molar-refractivity contribution in [2.45, 2.75) is 84.5 Å². The molecule has 0 aliphatic heterocycles. The summed E-state index contributed by atoms with van der Waals surface area (Å²) in [5.41, 5.74) is 3.47. The van der Waals surface area contributed by atoms with Crippen molar-refractivity contribution in [3.8, 4) is 21.9 Å². The molecule has 29 heavy (non-hydrogen) atoms. The first-order valence-electron chi connectivity index (χ1n) is 11.4. The van der Waals surface area contributed by atoms with Crippen molar-refractivity contribution in [1.29, 1.82) is 0 Å². The Morgan fingerprint density at radius 3 is 2.21 bits per heavy atom. The Morgan fingerprint density at radius 1 is 0.759 bits per heavy atom. The van der Waals surface area contributed by atoms with Crippen LogP contribution in [0.3, 0.4) is 0 Å². The quantitative estimate of drug-likeness (QED) is 0.264. The van der Waals surface area contributed by atoms with Crippen molar-refractivity contribution in [3.05, 3.63) is 52.9 Å². The van der Waals surface area contributed by atoms with E-state index in [1.54, 1.807) is 0 Å². The van der Waals surface area contributed by atoms with Gasteiger partial charge in [-0.3, -0.25) is 0 Å². The number of rotatable bonds is 13. The van der Waals surface area contributed by atoms with Gasteiger partial charge in [0.25, 0.3) is 0 Å². The smallest absolute Gasteiger partial charge is 0.167 e. The highest BCUT2D eigenvalue weighted by Crippen LogP contribution is 2.31. The maximum atomic E-state index is 5.65. The van der Waals surface area contributed by atoms with Crippen LogP contribution in [0.15, 0.2) is 47.0 Å². The summed E-state index contributed by atoms with van der Waals surface area (Å²) in [5, 5.41) is 4.32. The summed E-state index contributed by atoms with van der Waals surface area (Å²) < 4.78 is 5.65. The van der Waals surface area contributed by atoms with Crippen LogP contribution < -0.4 is 0 Å². The second kappa shape index (κ2) is 12.0. The van der Waals surface area contributed by atoms with Gasteiger partial charge >= 0.3 is 0 Å². The Labute approximate surface area is 180 Å². The van der Waals surface area contributed by atoms with E-state index >= 15 is 0 Å². The van der Waals surface area contributed by atoms with Crippen LogP contribution in [0.5, 0.6) is 0 Å². The van der Waals surface area contributed by atoms with Gasteiger partial charge in [0.15, 0.2) is 5.76 Å². The molecule has 0 aliphatic rings. The lowest BCUT2D eigenvalue weighted by molar-refractivity contribution is 0.435. The lowest BCUT2D eigenvalue weighted by atomic mass is 10.0. The molecular formula is C26H35NOS. The summed E-state index contributed by atoms with van der Waals surface area (Å²) >= 11 is 1.85. The van der Waals surface area contributed by atoms with Gasteiger partial charge < -0.3 is 4.52 Å². The van der Waals surface area contributed by atoms with Gasteiger partial charge in [0.05, 0.1) is 4.88 Å². The van der Waals surface area contributed by atoms with Gasteiger partial charge in [0.2, 0.25) is 0 Å². The molecular weight excluding hydrogens is 374 g/mol. The molecule has 0 N–H and O–H groups in total. The lowest BCUT2D eigenvalue weighted by Crippen LogP contribution is -1.86. The molecule has 3 heteroatoms. The Balaban J connectivity index is 1.53. The van der Waals surface area contributed by atoms with Gasteiger partial charge in [0.1, 0.15) is 5.69 Å². The summed E-state index contributed by atoms with van der Waals surface area (Å²) in [6, 6.07) is 15.3. The molecule has 2 nitrogen and oxygen atoms in total. The van der Waals surface area contributed by atoms with Crippen LogP contribution >= 0.6 is 11.3 Å². The lowest BCUT2D eigenvalue weighted by Gasteiger charge is -2.02. The summed E-state index contributed by atoms with van der Waals surface area (Å²) in [4.78, 5) is 2.65. The fraction of sp³-hybridized carbons (Fsp3) is 0.500. The van der Waals surface area contributed by atoms with Crippen LogP contribution in [0.1, 0.15) is 82.1 Å². The maximum absolute atomic E-state index is 5.65. The number of nitrogens with zero attached hydrogens (tertiary/aromatic N) is 1. The first-order chi connectivity index (χ1) is 14.3. The van der Waals surface area contributed by atoms with Crippen LogP contribution in [-0.2, 0) is 12.8 Å². The number of aromatic nitrogens is 1. The van der Waals surface area contributed by atoms with Crippen molar-refractivity contribution in [3.63, 3.8) is 0 Å². The summed E-state index contributed by atoms with van der Waals surface area (Å²) in [5.74, 6) is 0.854. The highest BCUT2D eigenvalue weighted by molar-refractivity contribution is 7.15. The normalized spacial score (nSPS) is 11.2. The second-order valence-electron chi connectivity index (χ2n) is 8.01. The third-order valence-corrected chi connectivity index (χ3v) is 6.68. The van der Waals surface area contributed by atoms with Crippen molar-refractivity contribution in [1.82, 2.24) is 5.16 Å². The summed E-state index contributed by atoms with van der Waals surface area (Å²) in [6.45, 7) is 4.52. The fourth-order valence-electron chi connectivity index (χ4n) is 3.67. The molecule has 2 aromatic heterocycles. The highest BCUT2D eigenvalue weighted by atomic mass is 32.1. The zero-order valence-corrected chi connectivity index (χ0v) is 18.9. The molecule has 0 spiro atoms. The number of benzene rings is 1. The van der Waals surface area contributed by atoms with Gasteiger partial charge in [0, 0.05) is 16.5 Å². The van der Waals surface area contributed by atoms with E-state index in [9.17, 15) is 0 Å². The average Bonchev–Trinajstić information content (AvgIpc) is 3.41. The molecule has 0 bridgehead atoms. The number of hydrogen-bond acceptors (Lipinski definition) is 3.